The third kappa shape index (κ3) is 4.54. The van der Waals surface area contributed by atoms with Gasteiger partial charge in [0.05, 0.1) is 5.69 Å². The molecule has 1 aromatic rings. The van der Waals surface area contributed by atoms with Crippen molar-refractivity contribution in [2.75, 3.05) is 11.9 Å². The maximum Gasteiger partial charge on any atom is 0.573 e. The van der Waals surface area contributed by atoms with Crippen molar-refractivity contribution < 1.29 is 17.9 Å². The van der Waals surface area contributed by atoms with Crippen molar-refractivity contribution in [2.45, 2.75) is 32.5 Å². The molecule has 116 valence electrons. The van der Waals surface area contributed by atoms with Gasteiger partial charge in [0.25, 0.3) is 0 Å². The van der Waals surface area contributed by atoms with Gasteiger partial charge in [-0.3, -0.25) is 4.99 Å². The number of nitrogens with zero attached hydrogens (tertiary/aromatic N) is 1. The number of guanidine groups is 1. The Kier molecular flexibility index (Phi) is 4.29. The normalized spacial score (nSPS) is 18.0. The van der Waals surface area contributed by atoms with Crippen molar-refractivity contribution in [3.63, 3.8) is 0 Å². The fraction of sp³-hybridized carbons (Fsp3) is 0.500. The number of nitrogens with one attached hydrogen (secondary N) is 1. The van der Waals surface area contributed by atoms with Crippen LogP contribution in [0.25, 0.3) is 0 Å². The van der Waals surface area contributed by atoms with Crippen molar-refractivity contribution in [1.29, 1.82) is 0 Å². The van der Waals surface area contributed by atoms with Gasteiger partial charge in [-0.2, -0.15) is 0 Å². The molecule has 0 unspecified atom stereocenters. The van der Waals surface area contributed by atoms with E-state index in [0.717, 1.165) is 12.8 Å². The lowest BCUT2D eigenvalue weighted by molar-refractivity contribution is -0.274. The van der Waals surface area contributed by atoms with Crippen LogP contribution < -0.4 is 15.8 Å². The topological polar surface area (TPSA) is 59.6 Å². The summed E-state index contributed by atoms with van der Waals surface area (Å²) in [6.45, 7) is 2.68. The Morgan fingerprint density at radius 1 is 1.38 bits per heavy atom. The SMILES string of the molecule is CC1(CN=C(N)Nc2ccccc2OC(F)(F)F)CCC1. The summed E-state index contributed by atoms with van der Waals surface area (Å²) in [7, 11) is 0. The van der Waals surface area contributed by atoms with E-state index in [4.69, 9.17) is 5.73 Å². The molecular weight excluding hydrogens is 283 g/mol. The number of alkyl halides is 3. The molecule has 1 aliphatic rings. The zero-order valence-electron chi connectivity index (χ0n) is 11.7. The van der Waals surface area contributed by atoms with Crippen LogP contribution in [0, 0.1) is 5.41 Å². The first-order valence-corrected chi connectivity index (χ1v) is 6.69. The summed E-state index contributed by atoms with van der Waals surface area (Å²) in [4.78, 5) is 4.20. The minimum Gasteiger partial charge on any atom is -0.404 e. The van der Waals surface area contributed by atoms with Crippen molar-refractivity contribution in [2.24, 2.45) is 16.1 Å². The molecule has 0 bridgehead atoms. The van der Waals surface area contributed by atoms with Crippen LogP contribution in [0.4, 0.5) is 18.9 Å². The van der Waals surface area contributed by atoms with Gasteiger partial charge in [-0.05, 0) is 30.4 Å². The highest BCUT2D eigenvalue weighted by atomic mass is 19.4. The Bertz CT molecular complexity index is 524. The van der Waals surface area contributed by atoms with Gasteiger partial charge in [-0.15, -0.1) is 13.2 Å². The van der Waals surface area contributed by atoms with E-state index in [1.165, 1.54) is 24.6 Å². The van der Waals surface area contributed by atoms with E-state index in [-0.39, 0.29) is 22.8 Å². The van der Waals surface area contributed by atoms with Gasteiger partial charge in [0.1, 0.15) is 0 Å². The first kappa shape index (κ1) is 15.5. The molecule has 0 radical (unpaired) electrons. The van der Waals surface area contributed by atoms with Gasteiger partial charge in [-0.1, -0.05) is 25.5 Å². The minimum atomic E-state index is -4.75. The summed E-state index contributed by atoms with van der Waals surface area (Å²) >= 11 is 0. The first-order valence-electron chi connectivity index (χ1n) is 6.69. The van der Waals surface area contributed by atoms with Gasteiger partial charge in [0, 0.05) is 6.54 Å². The van der Waals surface area contributed by atoms with E-state index in [1.807, 2.05) is 0 Å². The predicted octanol–water partition coefficient (Wildman–Crippen LogP) is 3.50. The lowest BCUT2D eigenvalue weighted by Crippen LogP contribution is -2.31. The molecule has 1 aliphatic carbocycles. The standard InChI is InChI=1S/C14H18F3N3O/c1-13(7-4-8-13)9-19-12(18)20-10-5-2-3-6-11(10)21-14(15,16)17/h2-3,5-6H,4,7-9H2,1H3,(H3,18,19,20). The van der Waals surface area contributed by atoms with Crippen LogP contribution in [-0.2, 0) is 0 Å². The van der Waals surface area contributed by atoms with Crippen LogP contribution in [0.2, 0.25) is 0 Å². The van der Waals surface area contributed by atoms with Crippen LogP contribution in [0.1, 0.15) is 26.2 Å². The van der Waals surface area contributed by atoms with Gasteiger partial charge >= 0.3 is 6.36 Å². The zero-order chi connectivity index (χ0) is 15.5. The molecule has 0 aliphatic heterocycles. The lowest BCUT2D eigenvalue weighted by Gasteiger charge is -2.36. The fourth-order valence-electron chi connectivity index (χ4n) is 2.18. The summed E-state index contributed by atoms with van der Waals surface area (Å²) in [6.07, 6.45) is -1.38. The molecular formula is C14H18F3N3O. The Labute approximate surface area is 121 Å². The van der Waals surface area contributed by atoms with Gasteiger partial charge in [0.15, 0.2) is 11.7 Å². The number of ether oxygens (including phenoxy) is 1. The van der Waals surface area contributed by atoms with E-state index in [2.05, 4.69) is 22.0 Å². The van der Waals surface area contributed by atoms with Crippen LogP contribution >= 0.6 is 0 Å². The molecule has 0 aromatic heterocycles. The average Bonchev–Trinajstić information content (AvgIpc) is 2.35. The van der Waals surface area contributed by atoms with Crippen LogP contribution in [0.15, 0.2) is 29.3 Å². The minimum absolute atomic E-state index is 0.0846. The number of benzene rings is 1. The molecule has 3 N–H and O–H groups in total. The number of rotatable bonds is 4. The third-order valence-corrected chi connectivity index (χ3v) is 3.57. The molecule has 0 heterocycles. The number of anilines is 1. The number of aliphatic imine (C=N–C) groups is 1. The summed E-state index contributed by atoms with van der Waals surface area (Å²) in [6, 6.07) is 5.71. The largest absolute Gasteiger partial charge is 0.573 e. The van der Waals surface area contributed by atoms with Crippen LogP contribution in [0.3, 0.4) is 0 Å². The molecule has 0 saturated heterocycles. The monoisotopic (exact) mass is 301 g/mol. The smallest absolute Gasteiger partial charge is 0.404 e. The van der Waals surface area contributed by atoms with E-state index in [1.54, 1.807) is 6.07 Å². The molecule has 2 rings (SSSR count). The van der Waals surface area contributed by atoms with Crippen molar-refractivity contribution in [1.82, 2.24) is 0 Å². The number of halogens is 3. The molecule has 0 spiro atoms. The molecule has 1 fully saturated rings. The quantitative estimate of drug-likeness (QED) is 0.661. The number of nitrogens with two attached hydrogens (primary N) is 1. The molecule has 1 saturated carbocycles. The second-order valence-electron chi connectivity index (χ2n) is 5.53. The Morgan fingerprint density at radius 3 is 2.62 bits per heavy atom. The summed E-state index contributed by atoms with van der Waals surface area (Å²) < 4.78 is 40.9. The second kappa shape index (κ2) is 5.83. The third-order valence-electron chi connectivity index (χ3n) is 3.57. The lowest BCUT2D eigenvalue weighted by atomic mass is 9.71. The van der Waals surface area contributed by atoms with Crippen molar-refractivity contribution >= 4 is 11.6 Å². The zero-order valence-corrected chi connectivity index (χ0v) is 11.7. The summed E-state index contributed by atoms with van der Waals surface area (Å²) in [5, 5.41) is 2.66. The first-order chi connectivity index (χ1) is 9.77. The molecule has 1 aromatic carbocycles. The summed E-state index contributed by atoms with van der Waals surface area (Å²) in [5.41, 5.74) is 6.02. The Hall–Kier alpha value is -1.92. The molecule has 21 heavy (non-hydrogen) atoms. The van der Waals surface area contributed by atoms with Crippen molar-refractivity contribution in [3.8, 4) is 5.75 Å². The summed E-state index contributed by atoms with van der Waals surface area (Å²) in [5.74, 6) is -0.251. The van der Waals surface area contributed by atoms with Gasteiger partial charge in [0.2, 0.25) is 0 Å². The number of para-hydroxylation sites is 2. The number of hydrogen-bond acceptors (Lipinski definition) is 2. The molecule has 7 heteroatoms. The average molecular weight is 301 g/mol. The Morgan fingerprint density at radius 2 is 2.05 bits per heavy atom. The maximum atomic E-state index is 12.3. The van der Waals surface area contributed by atoms with Crippen molar-refractivity contribution in [3.05, 3.63) is 24.3 Å². The van der Waals surface area contributed by atoms with E-state index in [0.29, 0.717) is 6.54 Å². The maximum absolute atomic E-state index is 12.3. The van der Waals surface area contributed by atoms with E-state index < -0.39 is 6.36 Å². The van der Waals surface area contributed by atoms with Gasteiger partial charge < -0.3 is 15.8 Å². The highest BCUT2D eigenvalue weighted by Crippen LogP contribution is 2.40. The number of hydrogen-bond donors (Lipinski definition) is 2. The Balaban J connectivity index is 2.03. The van der Waals surface area contributed by atoms with E-state index in [9.17, 15) is 13.2 Å². The molecule has 0 amide bonds. The highest BCUT2D eigenvalue weighted by molar-refractivity contribution is 5.93. The second-order valence-corrected chi connectivity index (χ2v) is 5.53. The fourth-order valence-corrected chi connectivity index (χ4v) is 2.18. The van der Waals surface area contributed by atoms with Gasteiger partial charge in [-0.25, -0.2) is 0 Å². The highest BCUT2D eigenvalue weighted by Gasteiger charge is 2.32. The van der Waals surface area contributed by atoms with E-state index >= 15 is 0 Å². The molecule has 4 nitrogen and oxygen atoms in total. The van der Waals surface area contributed by atoms with Crippen LogP contribution in [0.5, 0.6) is 5.75 Å². The van der Waals surface area contributed by atoms with Crippen LogP contribution in [-0.4, -0.2) is 18.9 Å². The predicted molar refractivity (Wildman–Crippen MR) is 75.2 cm³/mol. The molecule has 0 atom stereocenters.